The van der Waals surface area contributed by atoms with Gasteiger partial charge in [-0.15, -0.1) is 23.4 Å². The molecule has 5 saturated carbocycles. The van der Waals surface area contributed by atoms with Crippen molar-refractivity contribution in [1.29, 1.82) is 0 Å². The zero-order chi connectivity index (χ0) is 58.5. The molecule has 5 saturated heterocycles. The summed E-state index contributed by atoms with van der Waals surface area (Å²) < 4.78 is 86.9. The fraction of sp³-hybridized carbons (Fsp3) is 0.919. The fourth-order valence-corrected chi connectivity index (χ4v) is 25.1. The average molecular weight is 1330 g/mol. The van der Waals surface area contributed by atoms with Gasteiger partial charge in [0.25, 0.3) is 0 Å². The van der Waals surface area contributed by atoms with Gasteiger partial charge in [-0.1, -0.05) is 126 Å². The Bertz CT molecular complexity index is 2300. The molecule has 0 aromatic carbocycles. The Morgan fingerprint density at radius 3 is 1.19 bits per heavy atom. The summed E-state index contributed by atoms with van der Waals surface area (Å²) in [4.78, 5) is 61.0. The minimum absolute atomic E-state index is 0. The number of ether oxygens (including phenoxy) is 3. The van der Waals surface area contributed by atoms with E-state index in [1.807, 2.05) is 23.5 Å². The van der Waals surface area contributed by atoms with Crippen LogP contribution in [0.4, 0.5) is 0 Å². The molecule has 10 fully saturated rings. The number of carbonyl (C=O) groups is 4. The number of carboxylic acids is 1. The summed E-state index contributed by atoms with van der Waals surface area (Å²) in [6.07, 6.45) is 34.6. The number of aliphatic carboxylic acids is 1. The quantitative estimate of drug-likeness (QED) is 0.0561. The number of nitrogens with zero attached hydrogens (tertiary/aromatic N) is 1. The summed E-state index contributed by atoms with van der Waals surface area (Å²) in [6.45, 7) is 0. The second-order valence-electron chi connectivity index (χ2n) is 24.1. The molecular weight excluding hydrogens is 1220 g/mol. The van der Waals surface area contributed by atoms with Crippen molar-refractivity contribution in [3.05, 3.63) is 0 Å². The van der Waals surface area contributed by atoms with Crippen molar-refractivity contribution in [2.75, 3.05) is 50.1 Å². The molecule has 5 aliphatic heterocycles. The molecule has 17 nitrogen and oxygen atoms in total. The summed E-state index contributed by atoms with van der Waals surface area (Å²) in [5, 5.41) is 8.40. The minimum atomic E-state index is -3.17. The second kappa shape index (κ2) is 41.3. The van der Waals surface area contributed by atoms with Crippen molar-refractivity contribution in [2.45, 2.75) is 286 Å². The molecule has 0 bridgehead atoms. The van der Waals surface area contributed by atoms with Crippen LogP contribution in [0.3, 0.4) is 0 Å². The topological polar surface area (TPSA) is 278 Å². The molecule has 0 aromatic rings. The van der Waals surface area contributed by atoms with E-state index in [1.165, 1.54) is 97.0 Å². The number of sulfone groups is 3. The summed E-state index contributed by atoms with van der Waals surface area (Å²) in [7, 11) is -4.94. The average Bonchev–Trinajstić information content (AvgIpc) is 1.72. The van der Waals surface area contributed by atoms with Crippen LogP contribution in [0.15, 0.2) is 4.99 Å². The Hall–Kier alpha value is -1.34. The predicted octanol–water partition coefficient (Wildman–Crippen LogP) is 11.1. The molecule has 10 aliphatic rings. The first-order valence-corrected chi connectivity index (χ1v) is 37.9. The molecule has 5 atom stereocenters. The Labute approximate surface area is 546 Å². The van der Waals surface area contributed by atoms with Crippen LogP contribution in [0.25, 0.3) is 0 Å². The number of carboxylic acid groups (broad SMARTS) is 1. The van der Waals surface area contributed by atoms with E-state index in [0.29, 0.717) is 74.2 Å². The van der Waals surface area contributed by atoms with Crippen LogP contribution in [0.1, 0.15) is 254 Å². The molecule has 0 radical (unpaired) electrons. The number of hydrogen-bond acceptors (Lipinski definition) is 18. The summed E-state index contributed by atoms with van der Waals surface area (Å²) in [5.41, 5.74) is -2.50. The summed E-state index contributed by atoms with van der Waals surface area (Å²) in [5.74, 6) is 2.20. The van der Waals surface area contributed by atoms with Crippen LogP contribution >= 0.6 is 35.1 Å². The molecule has 24 heteroatoms. The number of rotatable bonds is 9. The molecule has 10 rings (SSSR count). The molecule has 5 unspecified atom stereocenters. The molecule has 0 spiro atoms. The number of thioether (sulfide) groups is 2. The van der Waals surface area contributed by atoms with Gasteiger partial charge in [0.05, 0.1) is 86.7 Å². The third-order valence-electron chi connectivity index (χ3n) is 19.2. The van der Waals surface area contributed by atoms with Gasteiger partial charge in [0.1, 0.15) is 0 Å². The molecule has 5 aliphatic carbocycles. The van der Waals surface area contributed by atoms with Crippen molar-refractivity contribution in [3.63, 3.8) is 0 Å². The maximum atomic E-state index is 12.1. The normalized spacial score (nSPS) is 28.1. The van der Waals surface area contributed by atoms with Crippen LogP contribution in [0, 0.1) is 22.2 Å². The SMILES string of the molecule is C.C.C.C.COC(=O)C1(C2CCCS2(=O)=O)CCCCC1.COC(=O)C1(C2CCCS2)CCCCC1.COC(=O)C1CCCCC1.ClC1CCCS1.O=C(O)C1(C2CCCS2(=O)=O)CCCCC1.O=C=NC1(C2CCCS2(=O)=O)CCCCC1.[Li+].[OH-]. The van der Waals surface area contributed by atoms with Crippen LogP contribution in [-0.4, -0.2) is 147 Å². The number of halogens is 1. The van der Waals surface area contributed by atoms with Gasteiger partial charge in [-0.05, 0) is 140 Å². The van der Waals surface area contributed by atoms with E-state index in [9.17, 15) is 54.3 Å². The Kier molecular flexibility index (Phi) is 41.6. The van der Waals surface area contributed by atoms with E-state index >= 15 is 0 Å². The number of esters is 3. The number of methoxy groups -OCH3 is 3. The molecular formula is C62H113ClLiNO16S5. The standard InChI is InChI=1S/C12H20O4S.C12H20O2S.C11H17NO3S.C11H18O4S.C8H14O2.C4H7ClS.4CH4.Li.H2O/c1-16-11(13)12(7-3-2-4-8-12)10-6-5-9-17(10,14)15;1-14-11(13)12(7-3-2-4-8-12)10-6-5-9-15-10;13-9-12-11(6-2-1-3-7-11)10-5-4-8-16(10,14)15;12-10(13)11(6-2-1-3-7-11)9-5-4-8-16(9,14)15;1-10-8(9)7-5-3-2-4-6-7;5-4-2-1-3-6-4;;;;;;/h10H,2-9H2,1H3;10H,2-9H2,1H3;10H,1-8H2;9H,1-8H2,(H,12,13);7H,2-6H2,1H3;4H,1-3H2;4*1H4;;1H2/q;;;;;;;;;;+1;/p-1. The predicted molar refractivity (Wildman–Crippen MR) is 347 cm³/mol. The summed E-state index contributed by atoms with van der Waals surface area (Å²) >= 11 is 9.53. The Morgan fingerprint density at radius 2 is 0.849 bits per heavy atom. The molecule has 0 aromatic heterocycles. The maximum Gasteiger partial charge on any atom is 1.00 e. The van der Waals surface area contributed by atoms with Gasteiger partial charge in [0, 0.05) is 5.25 Å². The maximum absolute atomic E-state index is 12.1. The first-order chi connectivity index (χ1) is 38.2. The third-order valence-corrected chi connectivity index (χ3v) is 29.8. The zero-order valence-corrected chi connectivity index (χ0v) is 54.6. The molecule has 86 heavy (non-hydrogen) atoms. The van der Waals surface area contributed by atoms with E-state index in [4.69, 9.17) is 21.1 Å². The van der Waals surface area contributed by atoms with Gasteiger partial charge in [-0.25, -0.2) is 30.0 Å². The number of hydrogen-bond donors (Lipinski definition) is 1. The van der Waals surface area contributed by atoms with Crippen LogP contribution in [0.2, 0.25) is 0 Å². The van der Waals surface area contributed by atoms with Gasteiger partial charge in [-0.3, -0.25) is 19.2 Å². The van der Waals surface area contributed by atoms with Crippen molar-refractivity contribution in [3.8, 4) is 0 Å². The minimum Gasteiger partial charge on any atom is -0.870 e. The number of aliphatic imine (C=N–C) groups is 1. The van der Waals surface area contributed by atoms with E-state index in [-0.39, 0.29) is 101 Å². The number of alkyl halides is 1. The van der Waals surface area contributed by atoms with E-state index in [2.05, 4.69) is 9.73 Å². The molecule has 500 valence electrons. The molecule has 2 N–H and O–H groups in total. The van der Waals surface area contributed by atoms with Crippen molar-refractivity contribution in [1.82, 2.24) is 0 Å². The van der Waals surface area contributed by atoms with E-state index < -0.39 is 67.6 Å². The van der Waals surface area contributed by atoms with Crippen molar-refractivity contribution >= 4 is 94.6 Å². The van der Waals surface area contributed by atoms with E-state index in [0.717, 1.165) is 96.3 Å². The first kappa shape index (κ1) is 86.7. The van der Waals surface area contributed by atoms with Crippen LogP contribution in [0.5, 0.6) is 0 Å². The largest absolute Gasteiger partial charge is 1.00 e. The monoisotopic (exact) mass is 1330 g/mol. The van der Waals surface area contributed by atoms with Crippen molar-refractivity contribution in [2.24, 2.45) is 27.2 Å². The molecule has 5 heterocycles. The van der Waals surface area contributed by atoms with Gasteiger partial charge in [0.15, 0.2) is 29.5 Å². The van der Waals surface area contributed by atoms with Gasteiger partial charge >= 0.3 is 42.7 Å². The number of isocyanates is 1. The first-order valence-electron chi connectivity index (χ1n) is 30.2. The zero-order valence-electron chi connectivity index (χ0n) is 49.7. The fourth-order valence-electron chi connectivity index (χ4n) is 15.0. The second-order valence-corrected chi connectivity index (χ2v) is 34.4. The molecule has 0 amide bonds. The van der Waals surface area contributed by atoms with Crippen LogP contribution < -0.4 is 18.9 Å². The van der Waals surface area contributed by atoms with Gasteiger partial charge in [-0.2, -0.15) is 16.8 Å². The van der Waals surface area contributed by atoms with Gasteiger partial charge < -0.3 is 24.8 Å². The summed E-state index contributed by atoms with van der Waals surface area (Å²) in [6, 6.07) is 0. The van der Waals surface area contributed by atoms with Crippen LogP contribution in [-0.2, 0) is 67.7 Å². The van der Waals surface area contributed by atoms with E-state index in [1.54, 1.807) is 6.08 Å². The third kappa shape index (κ3) is 22.7. The Balaban J connectivity index is 0. The smallest absolute Gasteiger partial charge is 0.870 e. The van der Waals surface area contributed by atoms with Crippen molar-refractivity contribution < 1.29 is 92.9 Å². The Morgan fingerprint density at radius 1 is 0.477 bits per heavy atom. The number of carbonyl (C=O) groups excluding carboxylic acids is 4. The van der Waals surface area contributed by atoms with Gasteiger partial charge in [0.2, 0.25) is 6.08 Å².